The van der Waals surface area contributed by atoms with Crippen LogP contribution in [0.25, 0.3) is 0 Å². The number of nitriles is 1. The molecule has 0 heterocycles. The van der Waals surface area contributed by atoms with E-state index in [-0.39, 0.29) is 5.54 Å². The summed E-state index contributed by atoms with van der Waals surface area (Å²) in [6.45, 7) is 14.0. The van der Waals surface area contributed by atoms with Gasteiger partial charge in [0.25, 0.3) is 0 Å². The predicted octanol–water partition coefficient (Wildman–Crippen LogP) is 3.59. The molecule has 0 unspecified atom stereocenters. The molecule has 2 heteroatoms. The van der Waals surface area contributed by atoms with Crippen LogP contribution < -0.4 is 5.32 Å². The Bertz CT molecular complexity index is 213. The molecule has 0 aliphatic heterocycles. The van der Waals surface area contributed by atoms with E-state index in [1.54, 1.807) is 0 Å². The van der Waals surface area contributed by atoms with Gasteiger partial charge in [0, 0.05) is 0 Å². The lowest BCUT2D eigenvalue weighted by atomic mass is 9.82. The molecule has 0 rings (SSSR count). The predicted molar refractivity (Wildman–Crippen MR) is 70.1 cm³/mol. The Morgan fingerprint density at radius 2 is 1.38 bits per heavy atom. The molecule has 0 saturated heterocycles. The normalized spacial score (nSPS) is 12.5. The summed E-state index contributed by atoms with van der Waals surface area (Å²) < 4.78 is 0. The average molecular weight is 224 g/mol. The maximum atomic E-state index is 9.47. The van der Waals surface area contributed by atoms with Crippen LogP contribution in [-0.4, -0.2) is 12.1 Å². The molecule has 0 radical (unpaired) electrons. The second kappa shape index (κ2) is 6.91. The van der Waals surface area contributed by atoms with Crippen molar-refractivity contribution in [1.29, 1.82) is 5.26 Å². The van der Waals surface area contributed by atoms with E-state index in [1.165, 1.54) is 0 Å². The Kier molecular flexibility index (Phi) is 6.67. The van der Waals surface area contributed by atoms with Gasteiger partial charge in [-0.15, -0.1) is 0 Å². The van der Waals surface area contributed by atoms with Gasteiger partial charge in [0.15, 0.2) is 0 Å². The molecule has 0 aromatic heterocycles. The van der Waals surface area contributed by atoms with Crippen LogP contribution >= 0.6 is 0 Å². The lowest BCUT2D eigenvalue weighted by Gasteiger charge is -2.32. The van der Waals surface area contributed by atoms with Gasteiger partial charge >= 0.3 is 0 Å². The van der Waals surface area contributed by atoms with Gasteiger partial charge in [-0.3, -0.25) is 5.32 Å². The summed E-state index contributed by atoms with van der Waals surface area (Å²) >= 11 is 0. The first kappa shape index (κ1) is 15.4. The number of nitrogens with one attached hydrogen (secondary N) is 1. The van der Waals surface area contributed by atoms with Crippen LogP contribution in [0.5, 0.6) is 0 Å². The number of rotatable bonds is 7. The van der Waals surface area contributed by atoms with Gasteiger partial charge in [-0.1, -0.05) is 41.5 Å². The minimum Gasteiger partial charge on any atom is -0.299 e. The Balaban J connectivity index is 4.61. The molecular weight excluding hydrogens is 196 g/mol. The largest absolute Gasteiger partial charge is 0.299 e. The number of hydrogen-bond acceptors (Lipinski definition) is 2. The van der Waals surface area contributed by atoms with Crippen molar-refractivity contribution >= 4 is 0 Å². The maximum absolute atomic E-state index is 9.47. The lowest BCUT2D eigenvalue weighted by molar-refractivity contribution is 0.276. The van der Waals surface area contributed by atoms with Gasteiger partial charge in [0.05, 0.1) is 6.07 Å². The molecule has 2 nitrogen and oxygen atoms in total. The Morgan fingerprint density at radius 3 is 1.62 bits per heavy atom. The van der Waals surface area contributed by atoms with E-state index in [0.29, 0.717) is 17.8 Å². The van der Waals surface area contributed by atoms with E-state index in [1.807, 2.05) is 0 Å². The fourth-order valence-corrected chi connectivity index (χ4v) is 2.15. The van der Waals surface area contributed by atoms with Crippen molar-refractivity contribution < 1.29 is 0 Å². The molecule has 0 spiro atoms. The molecule has 94 valence electrons. The summed E-state index contributed by atoms with van der Waals surface area (Å²) in [5, 5.41) is 13.0. The van der Waals surface area contributed by atoms with Crippen molar-refractivity contribution in [2.45, 2.75) is 59.9 Å². The Hall–Kier alpha value is -0.550. The van der Waals surface area contributed by atoms with Crippen molar-refractivity contribution in [2.24, 2.45) is 17.8 Å². The third-order valence-corrected chi connectivity index (χ3v) is 2.58. The molecule has 0 aromatic carbocycles. The highest BCUT2D eigenvalue weighted by atomic mass is 15.0. The average Bonchev–Trinajstić information content (AvgIpc) is 2.12. The van der Waals surface area contributed by atoms with E-state index in [0.717, 1.165) is 19.4 Å². The van der Waals surface area contributed by atoms with Gasteiger partial charge in [-0.2, -0.15) is 5.26 Å². The summed E-state index contributed by atoms with van der Waals surface area (Å²) in [7, 11) is 0. The van der Waals surface area contributed by atoms with Crippen molar-refractivity contribution in [3.8, 4) is 6.07 Å². The smallest absolute Gasteiger partial charge is 0.107 e. The van der Waals surface area contributed by atoms with Crippen LogP contribution in [0.15, 0.2) is 0 Å². The zero-order valence-corrected chi connectivity index (χ0v) is 11.8. The minimum atomic E-state index is -0.327. The molecule has 0 aromatic rings. The molecule has 0 fully saturated rings. The molecule has 0 aliphatic rings. The van der Waals surface area contributed by atoms with E-state index >= 15 is 0 Å². The van der Waals surface area contributed by atoms with Crippen molar-refractivity contribution in [1.82, 2.24) is 5.32 Å². The van der Waals surface area contributed by atoms with Gasteiger partial charge in [0.1, 0.15) is 5.54 Å². The van der Waals surface area contributed by atoms with Gasteiger partial charge in [0.2, 0.25) is 0 Å². The summed E-state index contributed by atoms with van der Waals surface area (Å²) in [5.74, 6) is 1.70. The monoisotopic (exact) mass is 224 g/mol. The van der Waals surface area contributed by atoms with Crippen molar-refractivity contribution in [3.05, 3.63) is 0 Å². The van der Waals surface area contributed by atoms with E-state index < -0.39 is 0 Å². The summed E-state index contributed by atoms with van der Waals surface area (Å²) in [6, 6.07) is 2.52. The maximum Gasteiger partial charge on any atom is 0.107 e. The molecule has 1 N–H and O–H groups in total. The van der Waals surface area contributed by atoms with Gasteiger partial charge in [-0.25, -0.2) is 0 Å². The minimum absolute atomic E-state index is 0.327. The van der Waals surface area contributed by atoms with Crippen LogP contribution in [0.1, 0.15) is 54.4 Å². The fraction of sp³-hybridized carbons (Fsp3) is 0.929. The third-order valence-electron chi connectivity index (χ3n) is 2.58. The zero-order chi connectivity index (χ0) is 12.8. The quantitative estimate of drug-likeness (QED) is 0.717. The van der Waals surface area contributed by atoms with E-state index in [4.69, 9.17) is 0 Å². The standard InChI is InChI=1S/C14H28N2/c1-11(2)7-14(10-15,8-12(3)4)16-9-13(5)6/h11-13,16H,7-9H2,1-6H3. The van der Waals surface area contributed by atoms with Gasteiger partial charge in [-0.05, 0) is 37.1 Å². The Morgan fingerprint density at radius 1 is 0.938 bits per heavy atom. The third kappa shape index (κ3) is 6.12. The first-order chi connectivity index (χ1) is 7.31. The van der Waals surface area contributed by atoms with Crippen LogP contribution in [-0.2, 0) is 0 Å². The zero-order valence-electron chi connectivity index (χ0n) is 11.8. The van der Waals surface area contributed by atoms with Crippen LogP contribution in [0.4, 0.5) is 0 Å². The molecule has 0 amide bonds. The van der Waals surface area contributed by atoms with E-state index in [9.17, 15) is 5.26 Å². The topological polar surface area (TPSA) is 35.8 Å². The molecule has 0 atom stereocenters. The number of nitrogens with zero attached hydrogens (tertiary/aromatic N) is 1. The van der Waals surface area contributed by atoms with E-state index in [2.05, 4.69) is 52.9 Å². The first-order valence-corrected chi connectivity index (χ1v) is 6.47. The number of hydrogen-bond donors (Lipinski definition) is 1. The summed E-state index contributed by atoms with van der Waals surface area (Å²) in [5.41, 5.74) is -0.327. The SMILES string of the molecule is CC(C)CNC(C#N)(CC(C)C)CC(C)C. The Labute approximate surface area is 101 Å². The second-order valence-electron chi connectivity index (χ2n) is 6.16. The highest BCUT2D eigenvalue weighted by molar-refractivity contribution is 5.08. The summed E-state index contributed by atoms with van der Waals surface area (Å²) in [6.07, 6.45) is 1.88. The van der Waals surface area contributed by atoms with Gasteiger partial charge < -0.3 is 0 Å². The summed E-state index contributed by atoms with van der Waals surface area (Å²) in [4.78, 5) is 0. The molecule has 0 bridgehead atoms. The van der Waals surface area contributed by atoms with Crippen LogP contribution in [0, 0.1) is 29.1 Å². The molecule has 0 saturated carbocycles. The highest BCUT2D eigenvalue weighted by Gasteiger charge is 2.31. The van der Waals surface area contributed by atoms with Crippen molar-refractivity contribution in [2.75, 3.05) is 6.54 Å². The molecule has 16 heavy (non-hydrogen) atoms. The fourth-order valence-electron chi connectivity index (χ4n) is 2.15. The van der Waals surface area contributed by atoms with Crippen LogP contribution in [0.3, 0.4) is 0 Å². The van der Waals surface area contributed by atoms with Crippen molar-refractivity contribution in [3.63, 3.8) is 0 Å². The second-order valence-corrected chi connectivity index (χ2v) is 6.16. The lowest BCUT2D eigenvalue weighted by Crippen LogP contribution is -2.47. The molecular formula is C14H28N2. The van der Waals surface area contributed by atoms with Crippen LogP contribution in [0.2, 0.25) is 0 Å². The molecule has 0 aliphatic carbocycles. The highest BCUT2D eigenvalue weighted by Crippen LogP contribution is 2.24. The first-order valence-electron chi connectivity index (χ1n) is 6.47.